The molecule has 1 saturated heterocycles. The second-order valence-electron chi connectivity index (χ2n) is 11.9. The molecule has 0 unspecified atom stereocenters. The summed E-state index contributed by atoms with van der Waals surface area (Å²) in [6.45, 7) is 16.8. The zero-order valence-electron chi connectivity index (χ0n) is 23.1. The van der Waals surface area contributed by atoms with Crippen LogP contribution in [0.5, 0.6) is 0 Å². The number of hydrogen-bond acceptors (Lipinski definition) is 7. The molecule has 4 rings (SSSR count). The highest BCUT2D eigenvalue weighted by Gasteiger charge is 2.33. The third-order valence-electron chi connectivity index (χ3n) is 6.15. The Balaban J connectivity index is 1.63. The lowest BCUT2D eigenvalue weighted by Crippen LogP contribution is -2.25. The predicted octanol–water partition coefficient (Wildman–Crippen LogP) is 5.51. The second-order valence-corrected chi connectivity index (χ2v) is 17.5. The second kappa shape index (κ2) is 10.6. The van der Waals surface area contributed by atoms with Crippen LogP contribution in [0.25, 0.3) is 22.4 Å². The number of aromatic nitrogens is 3. The molecular formula is C28H39N3O5Si. The van der Waals surface area contributed by atoms with Crippen LogP contribution >= 0.6 is 0 Å². The maximum Gasteiger partial charge on any atom is 0.312 e. The van der Waals surface area contributed by atoms with E-state index in [1.165, 1.54) is 0 Å². The number of esters is 1. The SMILES string of the molecule is CC(C)(C)OC(=O)Cc1cnc2c(cc(-c3ccc(C4(C)OCCO4)cc3)n2COCC[Si](C)(C)C)n1. The first-order valence-corrected chi connectivity index (χ1v) is 16.6. The van der Waals surface area contributed by atoms with E-state index in [1.807, 2.05) is 50.5 Å². The molecule has 1 aromatic carbocycles. The molecule has 200 valence electrons. The van der Waals surface area contributed by atoms with Crippen molar-refractivity contribution in [2.75, 3.05) is 19.8 Å². The molecule has 0 spiro atoms. The van der Waals surface area contributed by atoms with Gasteiger partial charge in [0.25, 0.3) is 0 Å². The molecule has 9 heteroatoms. The van der Waals surface area contributed by atoms with Crippen LogP contribution in [0.15, 0.2) is 36.5 Å². The van der Waals surface area contributed by atoms with Gasteiger partial charge in [-0.25, -0.2) is 9.97 Å². The molecule has 1 fully saturated rings. The third-order valence-corrected chi connectivity index (χ3v) is 7.86. The number of carbonyl (C=O) groups is 1. The van der Waals surface area contributed by atoms with Gasteiger partial charge in [0, 0.05) is 20.2 Å². The van der Waals surface area contributed by atoms with Crippen molar-refractivity contribution < 1.29 is 23.7 Å². The van der Waals surface area contributed by atoms with Gasteiger partial charge in [0.05, 0.1) is 37.2 Å². The fourth-order valence-electron chi connectivity index (χ4n) is 4.20. The molecule has 2 aromatic heterocycles. The minimum atomic E-state index is -1.21. The summed E-state index contributed by atoms with van der Waals surface area (Å²) in [4.78, 5) is 21.8. The van der Waals surface area contributed by atoms with Crippen molar-refractivity contribution >= 4 is 25.2 Å². The molecule has 1 aliphatic heterocycles. The molecule has 8 nitrogen and oxygen atoms in total. The highest BCUT2D eigenvalue weighted by atomic mass is 28.3. The average Bonchev–Trinajstić information content (AvgIpc) is 3.39. The largest absolute Gasteiger partial charge is 0.460 e. The minimum Gasteiger partial charge on any atom is -0.460 e. The molecule has 1 aliphatic rings. The van der Waals surface area contributed by atoms with Gasteiger partial charge in [0.1, 0.15) is 17.8 Å². The molecule has 0 atom stereocenters. The van der Waals surface area contributed by atoms with Gasteiger partial charge in [-0.3, -0.25) is 9.36 Å². The van der Waals surface area contributed by atoms with Crippen molar-refractivity contribution in [3.05, 3.63) is 47.8 Å². The Hall–Kier alpha value is -2.59. The molecular weight excluding hydrogens is 486 g/mol. The summed E-state index contributed by atoms with van der Waals surface area (Å²) in [5.41, 5.74) is 4.38. The van der Waals surface area contributed by atoms with Gasteiger partial charge in [-0.15, -0.1) is 0 Å². The van der Waals surface area contributed by atoms with Crippen LogP contribution in [0.4, 0.5) is 0 Å². The van der Waals surface area contributed by atoms with Crippen LogP contribution in [0.3, 0.4) is 0 Å². The number of benzene rings is 1. The number of hydrogen-bond donors (Lipinski definition) is 0. The summed E-state index contributed by atoms with van der Waals surface area (Å²) >= 11 is 0. The lowest BCUT2D eigenvalue weighted by atomic mass is 10.0. The number of rotatable bonds is 9. The molecule has 3 aromatic rings. The lowest BCUT2D eigenvalue weighted by molar-refractivity contribution is -0.154. The summed E-state index contributed by atoms with van der Waals surface area (Å²) in [5, 5.41) is 0. The smallest absolute Gasteiger partial charge is 0.312 e. The number of nitrogens with zero attached hydrogens (tertiary/aromatic N) is 3. The van der Waals surface area contributed by atoms with Gasteiger partial charge >= 0.3 is 5.97 Å². The van der Waals surface area contributed by atoms with Gasteiger partial charge in [0.2, 0.25) is 0 Å². The first kappa shape index (κ1) is 27.4. The van der Waals surface area contributed by atoms with Gasteiger partial charge in [0.15, 0.2) is 11.4 Å². The maximum atomic E-state index is 12.3. The molecule has 0 bridgehead atoms. The first-order chi connectivity index (χ1) is 17.3. The van der Waals surface area contributed by atoms with E-state index in [9.17, 15) is 4.79 Å². The van der Waals surface area contributed by atoms with Gasteiger partial charge in [-0.05, 0) is 45.4 Å². The maximum absolute atomic E-state index is 12.3. The van der Waals surface area contributed by atoms with E-state index in [-0.39, 0.29) is 12.4 Å². The van der Waals surface area contributed by atoms with Crippen LogP contribution in [-0.4, -0.2) is 54.0 Å². The van der Waals surface area contributed by atoms with E-state index >= 15 is 0 Å². The van der Waals surface area contributed by atoms with Crippen LogP contribution in [-0.2, 0) is 42.7 Å². The van der Waals surface area contributed by atoms with Crippen molar-refractivity contribution in [2.24, 2.45) is 0 Å². The van der Waals surface area contributed by atoms with E-state index < -0.39 is 19.5 Å². The predicted molar refractivity (Wildman–Crippen MR) is 146 cm³/mol. The number of carbonyl (C=O) groups excluding carboxylic acids is 1. The fourth-order valence-corrected chi connectivity index (χ4v) is 4.96. The Morgan fingerprint density at radius 1 is 1.14 bits per heavy atom. The Bertz CT molecular complexity index is 1240. The topological polar surface area (TPSA) is 84.7 Å². The number of ether oxygens (including phenoxy) is 4. The summed E-state index contributed by atoms with van der Waals surface area (Å²) in [6.07, 6.45) is 1.72. The van der Waals surface area contributed by atoms with Crippen LogP contribution in [0.1, 0.15) is 39.0 Å². The van der Waals surface area contributed by atoms with Crippen LogP contribution in [0, 0.1) is 0 Å². The first-order valence-electron chi connectivity index (χ1n) is 12.9. The van der Waals surface area contributed by atoms with Crippen molar-refractivity contribution in [3.63, 3.8) is 0 Å². The molecule has 0 N–H and O–H groups in total. The fraction of sp³-hybridized carbons (Fsp3) is 0.536. The Morgan fingerprint density at radius 3 is 2.43 bits per heavy atom. The van der Waals surface area contributed by atoms with Crippen molar-refractivity contribution in [3.8, 4) is 11.3 Å². The molecule has 3 heterocycles. The Labute approximate surface area is 220 Å². The summed E-state index contributed by atoms with van der Waals surface area (Å²) in [6, 6.07) is 11.3. The Kier molecular flexibility index (Phi) is 7.90. The highest BCUT2D eigenvalue weighted by molar-refractivity contribution is 6.76. The van der Waals surface area contributed by atoms with E-state index in [1.54, 1.807) is 6.20 Å². The summed E-state index contributed by atoms with van der Waals surface area (Å²) < 4.78 is 25.2. The van der Waals surface area contributed by atoms with E-state index in [0.717, 1.165) is 28.5 Å². The molecule has 37 heavy (non-hydrogen) atoms. The highest BCUT2D eigenvalue weighted by Crippen LogP contribution is 2.33. The molecule has 0 radical (unpaired) electrons. The van der Waals surface area contributed by atoms with Crippen LogP contribution < -0.4 is 0 Å². The van der Waals surface area contributed by atoms with E-state index in [0.29, 0.717) is 37.8 Å². The summed E-state index contributed by atoms with van der Waals surface area (Å²) in [5.74, 6) is -1.04. The van der Waals surface area contributed by atoms with Gasteiger partial charge in [-0.2, -0.15) is 0 Å². The zero-order chi connectivity index (χ0) is 26.8. The quantitative estimate of drug-likeness (QED) is 0.207. The normalized spacial score (nSPS) is 15.9. The van der Waals surface area contributed by atoms with Crippen LogP contribution in [0.2, 0.25) is 25.7 Å². The molecule has 0 aliphatic carbocycles. The minimum absolute atomic E-state index is 0.0702. The lowest BCUT2D eigenvalue weighted by Gasteiger charge is -2.23. The zero-order valence-corrected chi connectivity index (χ0v) is 24.1. The average molecular weight is 526 g/mol. The standard InChI is InChI=1S/C28H39N3O5Si/c1-27(2,3)36-25(32)16-22-18-29-26-23(30-22)17-24(31(26)19-33-14-15-37(5,6)7)20-8-10-21(11-9-20)28(4)34-12-13-35-28/h8-11,17-18H,12-16,19H2,1-7H3. The van der Waals surface area contributed by atoms with E-state index in [2.05, 4.69) is 36.8 Å². The monoisotopic (exact) mass is 525 g/mol. The summed E-state index contributed by atoms with van der Waals surface area (Å²) in [7, 11) is -1.21. The van der Waals surface area contributed by atoms with Gasteiger partial charge < -0.3 is 18.9 Å². The number of fused-ring (bicyclic) bond motifs is 1. The Morgan fingerprint density at radius 2 is 1.81 bits per heavy atom. The van der Waals surface area contributed by atoms with Crippen molar-refractivity contribution in [2.45, 2.75) is 77.9 Å². The van der Waals surface area contributed by atoms with Gasteiger partial charge in [-0.1, -0.05) is 43.9 Å². The third kappa shape index (κ3) is 7.04. The van der Waals surface area contributed by atoms with Crippen molar-refractivity contribution in [1.29, 1.82) is 0 Å². The molecule has 0 saturated carbocycles. The molecule has 0 amide bonds. The van der Waals surface area contributed by atoms with E-state index in [4.69, 9.17) is 23.9 Å². The van der Waals surface area contributed by atoms with Crippen molar-refractivity contribution in [1.82, 2.24) is 14.5 Å².